The quantitative estimate of drug-likeness (QED) is 0.778. The number of carbonyl (C=O) groups is 1. The standard InChI is InChI=1S/C17H13NO4/c1-22-16-5-3-2-4-11(16)14-9-15(19)12-8-10(17(20)21)6-7-13(12)18-14/h2-9H,1H3,(H,18,19)(H,20,21). The number of aromatic nitrogens is 1. The molecule has 0 aliphatic heterocycles. The second-order valence-corrected chi connectivity index (χ2v) is 4.81. The predicted molar refractivity (Wildman–Crippen MR) is 83.5 cm³/mol. The van der Waals surface area contributed by atoms with Gasteiger partial charge in [-0.2, -0.15) is 0 Å². The summed E-state index contributed by atoms with van der Waals surface area (Å²) in [5.74, 6) is -0.408. The molecule has 0 atom stereocenters. The first-order chi connectivity index (χ1) is 10.6. The van der Waals surface area contributed by atoms with E-state index < -0.39 is 5.97 Å². The zero-order chi connectivity index (χ0) is 15.7. The molecular weight excluding hydrogens is 282 g/mol. The number of aromatic amines is 1. The monoisotopic (exact) mass is 295 g/mol. The lowest BCUT2D eigenvalue weighted by Gasteiger charge is -2.09. The van der Waals surface area contributed by atoms with E-state index in [0.29, 0.717) is 22.3 Å². The Morgan fingerprint density at radius 3 is 2.64 bits per heavy atom. The minimum absolute atomic E-state index is 0.0861. The van der Waals surface area contributed by atoms with E-state index in [-0.39, 0.29) is 11.0 Å². The molecule has 2 aromatic carbocycles. The average molecular weight is 295 g/mol. The molecule has 22 heavy (non-hydrogen) atoms. The SMILES string of the molecule is COc1ccccc1-c1cc(=O)c2cc(C(=O)O)ccc2[nH]1. The maximum absolute atomic E-state index is 12.3. The highest BCUT2D eigenvalue weighted by Crippen LogP contribution is 2.28. The summed E-state index contributed by atoms with van der Waals surface area (Å²) >= 11 is 0. The lowest BCUT2D eigenvalue weighted by atomic mass is 10.1. The molecular formula is C17H13NO4. The Labute approximate surface area is 125 Å². The fraction of sp³-hybridized carbons (Fsp3) is 0.0588. The molecule has 0 saturated heterocycles. The lowest BCUT2D eigenvalue weighted by Crippen LogP contribution is -2.05. The number of hydrogen-bond acceptors (Lipinski definition) is 3. The zero-order valence-electron chi connectivity index (χ0n) is 11.8. The number of H-pyrrole nitrogens is 1. The van der Waals surface area contributed by atoms with E-state index in [2.05, 4.69) is 4.98 Å². The predicted octanol–water partition coefficient (Wildman–Crippen LogP) is 2.90. The maximum Gasteiger partial charge on any atom is 0.335 e. The van der Waals surface area contributed by atoms with Gasteiger partial charge in [0.2, 0.25) is 0 Å². The fourth-order valence-corrected chi connectivity index (χ4v) is 2.39. The average Bonchev–Trinajstić information content (AvgIpc) is 2.54. The summed E-state index contributed by atoms with van der Waals surface area (Å²) in [6.07, 6.45) is 0. The second-order valence-electron chi connectivity index (χ2n) is 4.81. The van der Waals surface area contributed by atoms with E-state index in [1.54, 1.807) is 13.2 Å². The van der Waals surface area contributed by atoms with E-state index in [9.17, 15) is 9.59 Å². The number of ether oxygens (including phenoxy) is 1. The third kappa shape index (κ3) is 2.33. The Hall–Kier alpha value is -3.08. The highest BCUT2D eigenvalue weighted by Gasteiger charge is 2.10. The summed E-state index contributed by atoms with van der Waals surface area (Å²) in [4.78, 5) is 26.4. The summed E-state index contributed by atoms with van der Waals surface area (Å²) in [7, 11) is 1.57. The number of benzene rings is 2. The van der Waals surface area contributed by atoms with Crippen molar-refractivity contribution < 1.29 is 14.6 Å². The molecule has 110 valence electrons. The highest BCUT2D eigenvalue weighted by atomic mass is 16.5. The number of hydrogen-bond donors (Lipinski definition) is 2. The Kier molecular flexibility index (Phi) is 3.39. The van der Waals surface area contributed by atoms with Gasteiger partial charge in [-0.15, -0.1) is 0 Å². The molecule has 0 radical (unpaired) electrons. The number of nitrogens with one attached hydrogen (secondary N) is 1. The molecule has 0 unspecified atom stereocenters. The number of fused-ring (bicyclic) bond motifs is 1. The van der Waals surface area contributed by atoms with Crippen LogP contribution in [0.15, 0.2) is 53.3 Å². The van der Waals surface area contributed by atoms with Crippen LogP contribution in [0.2, 0.25) is 0 Å². The highest BCUT2D eigenvalue weighted by molar-refractivity contribution is 5.93. The smallest absolute Gasteiger partial charge is 0.335 e. The molecule has 1 aromatic heterocycles. The number of rotatable bonds is 3. The largest absolute Gasteiger partial charge is 0.496 e. The van der Waals surface area contributed by atoms with Gasteiger partial charge in [-0.25, -0.2) is 4.79 Å². The molecule has 0 saturated carbocycles. The Morgan fingerprint density at radius 2 is 1.91 bits per heavy atom. The van der Waals surface area contributed by atoms with E-state index in [1.807, 2.05) is 24.3 Å². The third-order valence-corrected chi connectivity index (χ3v) is 3.47. The van der Waals surface area contributed by atoms with Crippen molar-refractivity contribution in [3.05, 3.63) is 64.3 Å². The van der Waals surface area contributed by atoms with Crippen molar-refractivity contribution in [2.75, 3.05) is 7.11 Å². The Bertz CT molecular complexity index is 927. The normalized spacial score (nSPS) is 10.6. The Balaban J connectivity index is 2.24. The summed E-state index contributed by atoms with van der Waals surface area (Å²) < 4.78 is 5.30. The molecule has 3 aromatic rings. The van der Waals surface area contributed by atoms with Gasteiger partial charge in [-0.05, 0) is 30.3 Å². The molecule has 0 amide bonds. The molecule has 5 nitrogen and oxygen atoms in total. The van der Waals surface area contributed by atoms with E-state index in [4.69, 9.17) is 9.84 Å². The summed E-state index contributed by atoms with van der Waals surface area (Å²) in [5.41, 5.74) is 1.82. The number of pyridine rings is 1. The molecule has 3 rings (SSSR count). The van der Waals surface area contributed by atoms with Crippen LogP contribution in [0.1, 0.15) is 10.4 Å². The molecule has 1 heterocycles. The summed E-state index contributed by atoms with van der Waals surface area (Å²) in [5, 5.41) is 9.35. The van der Waals surface area contributed by atoms with Crippen LogP contribution >= 0.6 is 0 Å². The van der Waals surface area contributed by atoms with Gasteiger partial charge < -0.3 is 14.8 Å². The topological polar surface area (TPSA) is 79.4 Å². The van der Waals surface area contributed by atoms with E-state index in [0.717, 1.165) is 5.56 Å². The van der Waals surface area contributed by atoms with E-state index >= 15 is 0 Å². The summed E-state index contributed by atoms with van der Waals surface area (Å²) in [6, 6.07) is 13.3. The van der Waals surface area contributed by atoms with Gasteiger partial charge in [0.1, 0.15) is 5.75 Å². The van der Waals surface area contributed by atoms with Gasteiger partial charge in [-0.3, -0.25) is 4.79 Å². The molecule has 0 spiro atoms. The van der Waals surface area contributed by atoms with Gasteiger partial charge in [0.05, 0.1) is 18.4 Å². The molecule has 0 aliphatic carbocycles. The van der Waals surface area contributed by atoms with Gasteiger partial charge in [0.15, 0.2) is 5.43 Å². The number of carboxylic acids is 1. The first-order valence-corrected chi connectivity index (χ1v) is 6.64. The molecule has 0 fully saturated rings. The molecule has 0 bridgehead atoms. The van der Waals surface area contributed by atoms with Crippen LogP contribution in [-0.2, 0) is 0 Å². The van der Waals surface area contributed by atoms with Crippen molar-refractivity contribution in [3.63, 3.8) is 0 Å². The first-order valence-electron chi connectivity index (χ1n) is 6.64. The summed E-state index contributed by atoms with van der Waals surface area (Å²) in [6.45, 7) is 0. The Morgan fingerprint density at radius 1 is 1.14 bits per heavy atom. The van der Waals surface area contributed by atoms with Crippen molar-refractivity contribution in [1.29, 1.82) is 0 Å². The van der Waals surface area contributed by atoms with Gasteiger partial charge >= 0.3 is 5.97 Å². The van der Waals surface area contributed by atoms with Crippen LogP contribution in [-0.4, -0.2) is 23.2 Å². The molecule has 5 heteroatoms. The van der Waals surface area contributed by atoms with Gasteiger partial charge in [0.25, 0.3) is 0 Å². The van der Waals surface area contributed by atoms with Crippen LogP contribution < -0.4 is 10.2 Å². The number of aromatic carboxylic acids is 1. The van der Waals surface area contributed by atoms with Crippen molar-refractivity contribution >= 4 is 16.9 Å². The molecule has 0 aliphatic rings. The fourth-order valence-electron chi connectivity index (χ4n) is 2.39. The van der Waals surface area contributed by atoms with Crippen molar-refractivity contribution in [2.24, 2.45) is 0 Å². The minimum atomic E-state index is -1.06. The van der Waals surface area contributed by atoms with E-state index in [1.165, 1.54) is 18.2 Å². The molecule has 2 N–H and O–H groups in total. The minimum Gasteiger partial charge on any atom is -0.496 e. The van der Waals surface area contributed by atoms with Crippen molar-refractivity contribution in [3.8, 4) is 17.0 Å². The third-order valence-electron chi connectivity index (χ3n) is 3.47. The van der Waals surface area contributed by atoms with Crippen molar-refractivity contribution in [1.82, 2.24) is 4.98 Å². The van der Waals surface area contributed by atoms with Gasteiger partial charge in [-0.1, -0.05) is 12.1 Å². The lowest BCUT2D eigenvalue weighted by molar-refractivity contribution is 0.0697. The van der Waals surface area contributed by atoms with Crippen molar-refractivity contribution in [2.45, 2.75) is 0 Å². The second kappa shape index (κ2) is 5.37. The maximum atomic E-state index is 12.3. The van der Waals surface area contributed by atoms with Crippen LogP contribution in [0.4, 0.5) is 0 Å². The number of carboxylic acid groups (broad SMARTS) is 1. The zero-order valence-corrected chi connectivity index (χ0v) is 11.8. The van der Waals surface area contributed by atoms with Crippen LogP contribution in [0, 0.1) is 0 Å². The van der Waals surface area contributed by atoms with Crippen LogP contribution in [0.3, 0.4) is 0 Å². The van der Waals surface area contributed by atoms with Crippen LogP contribution in [0.25, 0.3) is 22.2 Å². The van der Waals surface area contributed by atoms with Gasteiger partial charge in [0, 0.05) is 22.5 Å². The number of methoxy groups -OCH3 is 1. The first kappa shape index (κ1) is 13.9. The van der Waals surface area contributed by atoms with Crippen LogP contribution in [0.5, 0.6) is 5.75 Å². The number of para-hydroxylation sites is 1.